The minimum atomic E-state index is -0.965. The van der Waals surface area contributed by atoms with Crippen LogP contribution in [0, 0.1) is 0 Å². The van der Waals surface area contributed by atoms with E-state index in [1.54, 1.807) is 33.2 Å². The number of hydrogen-bond acceptors (Lipinski definition) is 6. The van der Waals surface area contributed by atoms with Crippen LogP contribution in [0.4, 0.5) is 9.59 Å². The maximum Gasteiger partial charge on any atom is 0.533 e. The average Bonchev–Trinajstić information content (AvgIpc) is 2.64. The third kappa shape index (κ3) is 3.95. The highest BCUT2D eigenvalue weighted by Gasteiger charge is 2.37. The van der Waals surface area contributed by atoms with Crippen molar-refractivity contribution in [2.75, 3.05) is 20.7 Å². The monoisotopic (exact) mass is 371 g/mol. The third-order valence-corrected chi connectivity index (χ3v) is 3.84. The van der Waals surface area contributed by atoms with Crippen LogP contribution in [0.2, 0.25) is 0 Å². The first kappa shape index (κ1) is 18.5. The molecule has 1 aliphatic rings. The molecule has 27 heavy (non-hydrogen) atoms. The quantitative estimate of drug-likeness (QED) is 0.657. The summed E-state index contributed by atoms with van der Waals surface area (Å²) >= 11 is 0. The van der Waals surface area contributed by atoms with Crippen molar-refractivity contribution in [3.63, 3.8) is 0 Å². The SMILES string of the molecule is CCOC(=O)ON(C(=O)NN(C)C)C1c2ccccc2Oc2ccccc21. The van der Waals surface area contributed by atoms with Gasteiger partial charge in [0, 0.05) is 25.2 Å². The fourth-order valence-electron chi connectivity index (χ4n) is 2.81. The Morgan fingerprint density at radius 3 is 2.11 bits per heavy atom. The summed E-state index contributed by atoms with van der Waals surface area (Å²) in [6.45, 7) is 1.79. The number of para-hydroxylation sites is 2. The molecular weight excluding hydrogens is 350 g/mol. The summed E-state index contributed by atoms with van der Waals surface area (Å²) in [5, 5.41) is 2.43. The first-order chi connectivity index (χ1) is 13.0. The van der Waals surface area contributed by atoms with Gasteiger partial charge in [-0.25, -0.2) is 14.6 Å². The number of hydrogen-bond donors (Lipinski definition) is 1. The molecule has 0 aliphatic carbocycles. The second-order valence-corrected chi connectivity index (χ2v) is 5.99. The number of carbonyl (C=O) groups is 2. The van der Waals surface area contributed by atoms with E-state index in [1.165, 1.54) is 5.01 Å². The van der Waals surface area contributed by atoms with Gasteiger partial charge in [-0.15, -0.1) is 5.06 Å². The topological polar surface area (TPSA) is 80.3 Å². The van der Waals surface area contributed by atoms with Crippen LogP contribution in [0.1, 0.15) is 24.1 Å². The molecule has 0 fully saturated rings. The molecule has 1 N–H and O–H groups in total. The first-order valence-corrected chi connectivity index (χ1v) is 8.48. The van der Waals surface area contributed by atoms with Crippen molar-refractivity contribution < 1.29 is 23.9 Å². The van der Waals surface area contributed by atoms with Crippen molar-refractivity contribution in [2.24, 2.45) is 0 Å². The predicted octanol–water partition coefficient (Wildman–Crippen LogP) is 3.46. The Hall–Kier alpha value is -3.26. The van der Waals surface area contributed by atoms with Crippen LogP contribution < -0.4 is 10.2 Å². The molecule has 2 aromatic rings. The van der Waals surface area contributed by atoms with Gasteiger partial charge in [-0.05, 0) is 19.1 Å². The zero-order valence-corrected chi connectivity index (χ0v) is 15.3. The van der Waals surface area contributed by atoms with Crippen molar-refractivity contribution in [3.05, 3.63) is 59.7 Å². The lowest BCUT2D eigenvalue weighted by molar-refractivity contribution is -0.113. The van der Waals surface area contributed by atoms with Crippen molar-refractivity contribution in [1.29, 1.82) is 0 Å². The van der Waals surface area contributed by atoms with Crippen molar-refractivity contribution in [2.45, 2.75) is 13.0 Å². The number of amides is 2. The molecule has 0 spiro atoms. The summed E-state index contributed by atoms with van der Waals surface area (Å²) < 4.78 is 10.8. The Morgan fingerprint density at radius 2 is 1.59 bits per heavy atom. The zero-order chi connectivity index (χ0) is 19.4. The number of rotatable bonds is 3. The molecule has 0 aromatic heterocycles. The molecule has 3 rings (SSSR count). The van der Waals surface area contributed by atoms with Crippen LogP contribution in [0.3, 0.4) is 0 Å². The van der Waals surface area contributed by atoms with E-state index in [4.69, 9.17) is 14.3 Å². The molecule has 1 heterocycles. The van der Waals surface area contributed by atoms with E-state index in [2.05, 4.69) is 5.43 Å². The fraction of sp³-hybridized carbons (Fsp3) is 0.263. The van der Waals surface area contributed by atoms with E-state index in [0.29, 0.717) is 22.6 Å². The first-order valence-electron chi connectivity index (χ1n) is 8.48. The van der Waals surface area contributed by atoms with Crippen LogP contribution >= 0.6 is 0 Å². The molecule has 0 unspecified atom stereocenters. The molecule has 0 saturated heterocycles. The molecule has 142 valence electrons. The highest BCUT2D eigenvalue weighted by atomic mass is 16.8. The van der Waals surface area contributed by atoms with Gasteiger partial charge in [0.25, 0.3) is 0 Å². The van der Waals surface area contributed by atoms with Gasteiger partial charge in [0.2, 0.25) is 0 Å². The molecule has 0 radical (unpaired) electrons. The number of nitrogens with one attached hydrogen (secondary N) is 1. The molecule has 0 saturated carbocycles. The summed E-state index contributed by atoms with van der Waals surface area (Å²) in [4.78, 5) is 30.1. The van der Waals surface area contributed by atoms with Crippen LogP contribution in [-0.4, -0.2) is 43.0 Å². The number of hydrazine groups is 1. The minimum absolute atomic E-state index is 0.128. The number of ether oxygens (including phenoxy) is 2. The summed E-state index contributed by atoms with van der Waals surface area (Å²) in [5.74, 6) is 1.16. The van der Waals surface area contributed by atoms with Gasteiger partial charge in [-0.3, -0.25) is 5.43 Å². The third-order valence-electron chi connectivity index (χ3n) is 3.84. The van der Waals surface area contributed by atoms with Gasteiger partial charge >= 0.3 is 12.2 Å². The second kappa shape index (κ2) is 7.96. The largest absolute Gasteiger partial charge is 0.533 e. The summed E-state index contributed by atoms with van der Waals surface area (Å²) in [6, 6.07) is 13.2. The number of urea groups is 1. The summed E-state index contributed by atoms with van der Waals surface area (Å²) in [7, 11) is 3.32. The lowest BCUT2D eigenvalue weighted by Gasteiger charge is -2.35. The van der Waals surface area contributed by atoms with Crippen molar-refractivity contribution in [3.8, 4) is 11.5 Å². The zero-order valence-electron chi connectivity index (χ0n) is 15.3. The van der Waals surface area contributed by atoms with E-state index in [-0.39, 0.29) is 6.61 Å². The second-order valence-electron chi connectivity index (χ2n) is 5.99. The normalized spacial score (nSPS) is 12.4. The predicted molar refractivity (Wildman–Crippen MR) is 97.0 cm³/mol. The lowest BCUT2D eigenvalue weighted by Crippen LogP contribution is -2.48. The molecule has 0 atom stereocenters. The number of hydroxylamine groups is 2. The fourth-order valence-corrected chi connectivity index (χ4v) is 2.81. The molecule has 1 aliphatic heterocycles. The molecule has 2 aromatic carbocycles. The maximum absolute atomic E-state index is 12.8. The van der Waals surface area contributed by atoms with Gasteiger partial charge in [-0.2, -0.15) is 0 Å². The van der Waals surface area contributed by atoms with E-state index in [1.807, 2.05) is 36.4 Å². The van der Waals surface area contributed by atoms with Crippen molar-refractivity contribution in [1.82, 2.24) is 15.5 Å². The van der Waals surface area contributed by atoms with Gasteiger partial charge in [0.15, 0.2) is 0 Å². The summed E-state index contributed by atoms with van der Waals surface area (Å²) in [5.41, 5.74) is 3.97. The maximum atomic E-state index is 12.8. The molecular formula is C19H21N3O5. The van der Waals surface area contributed by atoms with Gasteiger partial charge in [-0.1, -0.05) is 36.4 Å². The number of carbonyl (C=O) groups excluding carboxylic acids is 2. The smallest absolute Gasteiger partial charge is 0.457 e. The van der Waals surface area contributed by atoms with E-state index in [9.17, 15) is 9.59 Å². The number of benzene rings is 2. The Morgan fingerprint density at radius 1 is 1.04 bits per heavy atom. The molecule has 8 nitrogen and oxygen atoms in total. The van der Waals surface area contributed by atoms with E-state index >= 15 is 0 Å². The van der Waals surface area contributed by atoms with Crippen LogP contribution in [-0.2, 0) is 9.57 Å². The van der Waals surface area contributed by atoms with E-state index in [0.717, 1.165) is 5.06 Å². The molecule has 2 amide bonds. The molecule has 0 bridgehead atoms. The average molecular weight is 371 g/mol. The Kier molecular flexibility index (Phi) is 5.46. The Labute approximate surface area is 157 Å². The van der Waals surface area contributed by atoms with E-state index < -0.39 is 18.2 Å². The Balaban J connectivity index is 2.07. The Bertz CT molecular complexity index is 794. The van der Waals surface area contributed by atoms with Gasteiger partial charge in [0.1, 0.15) is 17.5 Å². The minimum Gasteiger partial charge on any atom is -0.457 e. The van der Waals surface area contributed by atoms with Gasteiger partial charge in [0.05, 0.1) is 6.61 Å². The number of nitrogens with zero attached hydrogens (tertiary/aromatic N) is 2. The number of fused-ring (bicyclic) bond motifs is 2. The highest BCUT2D eigenvalue weighted by molar-refractivity contribution is 5.76. The summed E-state index contributed by atoms with van der Waals surface area (Å²) in [6.07, 6.45) is -0.965. The van der Waals surface area contributed by atoms with Gasteiger partial charge < -0.3 is 14.3 Å². The van der Waals surface area contributed by atoms with Crippen molar-refractivity contribution >= 4 is 12.2 Å². The standard InChI is InChI=1S/C19H21N3O5/c1-4-25-19(24)27-22(18(23)20-21(2)3)17-13-9-5-7-11-15(13)26-16-12-8-6-10-14(16)17/h5-12,17H,4H2,1-3H3,(H,20,23). The highest BCUT2D eigenvalue weighted by Crippen LogP contribution is 2.45. The van der Waals surface area contributed by atoms with Crippen LogP contribution in [0.15, 0.2) is 48.5 Å². The molecule has 8 heteroatoms. The van der Waals surface area contributed by atoms with Crippen LogP contribution in [0.25, 0.3) is 0 Å². The van der Waals surface area contributed by atoms with Crippen LogP contribution in [0.5, 0.6) is 11.5 Å². The lowest BCUT2D eigenvalue weighted by atomic mass is 9.94.